The van der Waals surface area contributed by atoms with Crippen molar-refractivity contribution in [3.8, 4) is 11.5 Å². The zero-order valence-corrected chi connectivity index (χ0v) is 15.0. The minimum atomic E-state index is -0.472. The Labute approximate surface area is 155 Å². The average Bonchev–Trinajstić information content (AvgIpc) is 3.08. The zero-order valence-electron chi connectivity index (χ0n) is 15.0. The van der Waals surface area contributed by atoms with Crippen molar-refractivity contribution < 1.29 is 19.0 Å². The highest BCUT2D eigenvalue weighted by Crippen LogP contribution is 2.36. The van der Waals surface area contributed by atoms with Crippen LogP contribution in [0.25, 0.3) is 21.8 Å². The van der Waals surface area contributed by atoms with Crippen LogP contribution in [0, 0.1) is 0 Å². The molecular weight excluding hydrogens is 344 g/mol. The molecule has 0 radical (unpaired) electrons. The predicted octanol–water partition coefficient (Wildman–Crippen LogP) is 4.09. The lowest BCUT2D eigenvalue weighted by molar-refractivity contribution is 0.0594. The number of fused-ring (bicyclic) bond motifs is 3. The summed E-state index contributed by atoms with van der Waals surface area (Å²) in [5, 5.41) is 1.84. The summed E-state index contributed by atoms with van der Waals surface area (Å²) < 4.78 is 16.2. The van der Waals surface area contributed by atoms with Crippen LogP contribution >= 0.6 is 0 Å². The largest absolute Gasteiger partial charge is 0.493 e. The number of esters is 1. The van der Waals surface area contributed by atoms with Gasteiger partial charge < -0.3 is 19.2 Å². The lowest BCUT2D eigenvalue weighted by Crippen LogP contribution is -2.03. The van der Waals surface area contributed by atoms with Crippen molar-refractivity contribution in [2.75, 3.05) is 14.2 Å². The number of nitrogens with one attached hydrogen (secondary N) is 1. The highest BCUT2D eigenvalue weighted by atomic mass is 16.5. The van der Waals surface area contributed by atoms with Gasteiger partial charge in [-0.3, -0.25) is 0 Å². The van der Waals surface area contributed by atoms with Gasteiger partial charge >= 0.3 is 5.97 Å². The summed E-state index contributed by atoms with van der Waals surface area (Å²) in [6.45, 7) is 0.441. The molecule has 0 aliphatic heterocycles. The van der Waals surface area contributed by atoms with Crippen LogP contribution in [0.3, 0.4) is 0 Å². The van der Waals surface area contributed by atoms with Crippen LogP contribution in [0.5, 0.6) is 11.5 Å². The van der Waals surface area contributed by atoms with Crippen LogP contribution in [0.1, 0.15) is 16.1 Å². The second-order valence-electron chi connectivity index (χ2n) is 6.05. The molecular formula is C21H18N2O4. The van der Waals surface area contributed by atoms with E-state index in [1.54, 1.807) is 19.4 Å². The number of carbonyl (C=O) groups is 1. The first-order valence-corrected chi connectivity index (χ1v) is 8.44. The third kappa shape index (κ3) is 3.17. The molecule has 0 aliphatic carbocycles. The molecule has 4 rings (SSSR count). The second-order valence-corrected chi connectivity index (χ2v) is 6.05. The van der Waals surface area contributed by atoms with Crippen LogP contribution in [0.4, 0.5) is 0 Å². The molecule has 4 aromatic rings. The van der Waals surface area contributed by atoms with Gasteiger partial charge in [-0.25, -0.2) is 9.78 Å². The number of benzene rings is 2. The quantitative estimate of drug-likeness (QED) is 0.541. The molecule has 0 aliphatic rings. The number of pyridine rings is 1. The third-order valence-corrected chi connectivity index (χ3v) is 4.40. The number of hydrogen-bond acceptors (Lipinski definition) is 5. The van der Waals surface area contributed by atoms with E-state index in [0.29, 0.717) is 18.1 Å². The number of ether oxygens (including phenoxy) is 3. The van der Waals surface area contributed by atoms with Crippen LogP contribution in [0.2, 0.25) is 0 Å². The Morgan fingerprint density at radius 3 is 2.52 bits per heavy atom. The molecule has 0 saturated heterocycles. The van der Waals surface area contributed by atoms with E-state index in [2.05, 4.69) is 9.97 Å². The van der Waals surface area contributed by atoms with Gasteiger partial charge in [0.15, 0.2) is 11.5 Å². The second kappa shape index (κ2) is 6.99. The molecule has 0 atom stereocenters. The first kappa shape index (κ1) is 16.9. The van der Waals surface area contributed by atoms with Crippen molar-refractivity contribution >= 4 is 27.8 Å². The number of hydrogen-bond donors (Lipinski definition) is 1. The number of methoxy groups -OCH3 is 2. The SMILES string of the molecule is COC(=O)c1cc2[nH]c3cc(OCc4ccccc4)c(OC)cc3c2cn1. The molecule has 6 nitrogen and oxygen atoms in total. The molecule has 1 N–H and O–H groups in total. The maximum Gasteiger partial charge on any atom is 0.356 e. The van der Waals surface area contributed by atoms with Crippen molar-refractivity contribution in [2.45, 2.75) is 6.61 Å². The van der Waals surface area contributed by atoms with E-state index in [1.165, 1.54) is 7.11 Å². The van der Waals surface area contributed by atoms with E-state index in [-0.39, 0.29) is 5.69 Å². The fraction of sp³-hybridized carbons (Fsp3) is 0.143. The molecule has 6 heteroatoms. The summed E-state index contributed by atoms with van der Waals surface area (Å²) in [5.74, 6) is 0.804. The molecule has 0 unspecified atom stereocenters. The molecule has 2 aromatic carbocycles. The highest BCUT2D eigenvalue weighted by Gasteiger charge is 2.14. The van der Waals surface area contributed by atoms with Gasteiger partial charge in [0.05, 0.1) is 25.3 Å². The monoisotopic (exact) mass is 362 g/mol. The van der Waals surface area contributed by atoms with E-state index < -0.39 is 5.97 Å². The smallest absolute Gasteiger partial charge is 0.356 e. The number of aromatic nitrogens is 2. The van der Waals surface area contributed by atoms with Gasteiger partial charge in [-0.2, -0.15) is 0 Å². The Morgan fingerprint density at radius 2 is 1.78 bits per heavy atom. The fourth-order valence-corrected chi connectivity index (χ4v) is 3.03. The van der Waals surface area contributed by atoms with Crippen molar-refractivity contribution in [1.82, 2.24) is 9.97 Å². The van der Waals surface area contributed by atoms with Crippen molar-refractivity contribution in [3.63, 3.8) is 0 Å². The lowest BCUT2D eigenvalue weighted by Gasteiger charge is -2.11. The normalized spacial score (nSPS) is 10.9. The summed E-state index contributed by atoms with van der Waals surface area (Å²) in [4.78, 5) is 19.2. The molecule has 2 heterocycles. The average molecular weight is 362 g/mol. The summed E-state index contributed by atoms with van der Waals surface area (Å²) >= 11 is 0. The first-order chi connectivity index (χ1) is 13.2. The number of carbonyl (C=O) groups excluding carboxylic acids is 1. The van der Waals surface area contributed by atoms with E-state index >= 15 is 0 Å². The van der Waals surface area contributed by atoms with Crippen molar-refractivity contribution in [1.29, 1.82) is 0 Å². The Kier molecular flexibility index (Phi) is 4.38. The Hall–Kier alpha value is -3.54. The summed E-state index contributed by atoms with van der Waals surface area (Å²) in [7, 11) is 2.94. The topological polar surface area (TPSA) is 73.4 Å². The van der Waals surface area contributed by atoms with Gasteiger partial charge in [-0.05, 0) is 17.7 Å². The van der Waals surface area contributed by atoms with Crippen molar-refractivity contribution in [2.24, 2.45) is 0 Å². The van der Waals surface area contributed by atoms with E-state index in [4.69, 9.17) is 14.2 Å². The maximum absolute atomic E-state index is 11.7. The minimum absolute atomic E-state index is 0.254. The number of rotatable bonds is 5. The van der Waals surface area contributed by atoms with Crippen LogP contribution in [-0.4, -0.2) is 30.2 Å². The molecule has 0 amide bonds. The van der Waals surface area contributed by atoms with Gasteiger partial charge in [0, 0.05) is 23.0 Å². The van der Waals surface area contributed by atoms with Gasteiger partial charge in [-0.1, -0.05) is 30.3 Å². The van der Waals surface area contributed by atoms with Crippen LogP contribution in [-0.2, 0) is 11.3 Å². The Morgan fingerprint density at radius 1 is 1.00 bits per heavy atom. The van der Waals surface area contributed by atoms with E-state index in [1.807, 2.05) is 42.5 Å². The first-order valence-electron chi connectivity index (χ1n) is 8.44. The highest BCUT2D eigenvalue weighted by molar-refractivity contribution is 6.09. The molecule has 0 saturated carbocycles. The minimum Gasteiger partial charge on any atom is -0.493 e. The summed E-state index contributed by atoms with van der Waals surface area (Å²) in [6, 6.07) is 15.4. The third-order valence-electron chi connectivity index (χ3n) is 4.40. The molecule has 136 valence electrons. The fourth-order valence-electron chi connectivity index (χ4n) is 3.03. The number of aromatic amines is 1. The maximum atomic E-state index is 11.7. The van der Waals surface area contributed by atoms with Gasteiger partial charge in [-0.15, -0.1) is 0 Å². The Balaban J connectivity index is 1.74. The summed E-state index contributed by atoms with van der Waals surface area (Å²) in [6.07, 6.45) is 1.66. The molecule has 0 spiro atoms. The molecule has 0 fully saturated rings. The van der Waals surface area contributed by atoms with E-state index in [9.17, 15) is 4.79 Å². The molecule has 27 heavy (non-hydrogen) atoms. The van der Waals surface area contributed by atoms with Gasteiger partial charge in [0.2, 0.25) is 0 Å². The molecule has 2 aromatic heterocycles. The van der Waals surface area contributed by atoms with Crippen molar-refractivity contribution in [3.05, 3.63) is 66.0 Å². The number of H-pyrrole nitrogens is 1. The van der Waals surface area contributed by atoms with Crippen LogP contribution < -0.4 is 9.47 Å². The summed E-state index contributed by atoms with van der Waals surface area (Å²) in [5.41, 5.74) is 2.99. The number of nitrogens with zero attached hydrogens (tertiary/aromatic N) is 1. The predicted molar refractivity (Wildman–Crippen MR) is 102 cm³/mol. The Bertz CT molecular complexity index is 1120. The van der Waals surface area contributed by atoms with Gasteiger partial charge in [0.25, 0.3) is 0 Å². The lowest BCUT2D eigenvalue weighted by atomic mass is 10.1. The zero-order chi connectivity index (χ0) is 18.8. The standard InChI is InChI=1S/C21H18N2O4/c1-25-19-8-14-15-11-22-18(21(24)26-2)9-16(15)23-17(14)10-20(19)27-12-13-6-4-3-5-7-13/h3-11,23H,12H2,1-2H3. The molecule has 0 bridgehead atoms. The van der Waals surface area contributed by atoms with Gasteiger partial charge in [0.1, 0.15) is 12.3 Å². The van der Waals surface area contributed by atoms with Crippen LogP contribution in [0.15, 0.2) is 54.7 Å². The van der Waals surface area contributed by atoms with E-state index in [0.717, 1.165) is 27.4 Å².